The molecule has 0 unspecified atom stereocenters. The third-order valence-corrected chi connectivity index (χ3v) is 5.90. The number of carbonyl (C=O) groups excluding carboxylic acids is 1. The van der Waals surface area contributed by atoms with Crippen LogP contribution in [-0.4, -0.2) is 26.1 Å². The predicted molar refractivity (Wildman–Crippen MR) is 113 cm³/mol. The fourth-order valence-electron chi connectivity index (χ4n) is 3.09. The number of ether oxygens (including phenoxy) is 1. The summed E-state index contributed by atoms with van der Waals surface area (Å²) < 4.78 is 10.5. The van der Waals surface area contributed by atoms with Crippen molar-refractivity contribution in [3.8, 4) is 11.4 Å². The lowest BCUT2D eigenvalue weighted by molar-refractivity contribution is 0.0435. The number of thiophene rings is 1. The van der Waals surface area contributed by atoms with Gasteiger partial charge >= 0.3 is 5.97 Å². The minimum absolute atomic E-state index is 0.160. The second-order valence-electron chi connectivity index (χ2n) is 7.25. The van der Waals surface area contributed by atoms with Crippen LogP contribution in [0.25, 0.3) is 21.6 Å². The maximum absolute atomic E-state index is 12.5. The Balaban J connectivity index is 1.48. The van der Waals surface area contributed by atoms with Crippen LogP contribution in [0.15, 0.2) is 33.6 Å². The first kappa shape index (κ1) is 20.0. The average molecular weight is 424 g/mol. The molecule has 1 N–H and O–H groups in total. The molecule has 0 bridgehead atoms. The van der Waals surface area contributed by atoms with Crippen molar-refractivity contribution in [1.29, 1.82) is 0 Å². The van der Waals surface area contributed by atoms with Crippen molar-refractivity contribution < 1.29 is 14.1 Å². The zero-order valence-corrected chi connectivity index (χ0v) is 17.8. The molecule has 0 radical (unpaired) electrons. The Morgan fingerprint density at radius 1 is 1.20 bits per heavy atom. The van der Waals surface area contributed by atoms with Gasteiger partial charge in [0, 0.05) is 5.56 Å². The van der Waals surface area contributed by atoms with Crippen molar-refractivity contribution in [2.75, 3.05) is 0 Å². The molecule has 0 amide bonds. The Morgan fingerprint density at radius 3 is 2.63 bits per heavy atom. The normalized spacial score (nSPS) is 11.4. The smallest absolute Gasteiger partial charge is 0.349 e. The molecule has 0 saturated carbocycles. The summed E-state index contributed by atoms with van der Waals surface area (Å²) in [5.74, 6) is 0.992. The van der Waals surface area contributed by atoms with Crippen molar-refractivity contribution in [2.45, 2.75) is 40.2 Å². The van der Waals surface area contributed by atoms with Crippen molar-refractivity contribution in [3.05, 3.63) is 62.3 Å². The van der Waals surface area contributed by atoms with E-state index in [0.29, 0.717) is 38.2 Å². The first-order valence-electron chi connectivity index (χ1n) is 9.43. The Hall–Kier alpha value is -3.33. The van der Waals surface area contributed by atoms with Gasteiger partial charge in [0.2, 0.25) is 5.82 Å². The lowest BCUT2D eigenvalue weighted by Crippen LogP contribution is -2.10. The number of rotatable bonds is 5. The van der Waals surface area contributed by atoms with Crippen molar-refractivity contribution in [2.24, 2.45) is 0 Å². The van der Waals surface area contributed by atoms with Crippen LogP contribution in [0.4, 0.5) is 0 Å². The highest BCUT2D eigenvalue weighted by Crippen LogP contribution is 2.28. The summed E-state index contributed by atoms with van der Waals surface area (Å²) >= 11 is 1.13. The molecule has 9 heteroatoms. The molecule has 3 aromatic heterocycles. The van der Waals surface area contributed by atoms with Gasteiger partial charge in [-0.2, -0.15) is 4.98 Å². The number of esters is 1. The first-order chi connectivity index (χ1) is 14.3. The van der Waals surface area contributed by atoms with E-state index in [-0.39, 0.29) is 18.1 Å². The van der Waals surface area contributed by atoms with Crippen LogP contribution < -0.4 is 5.56 Å². The van der Waals surface area contributed by atoms with Crippen molar-refractivity contribution >= 4 is 27.5 Å². The van der Waals surface area contributed by atoms with E-state index < -0.39 is 5.97 Å². The standard InChI is InChI=1S/C21H20N4O4S/c1-10(2)13-5-7-14(8-6-13)18-24-15(29-25-18)9-28-21(27)17-11(3)16-19(26)22-12(4)23-20(16)30-17/h5-8,10H,9H2,1-4H3,(H,22,23,26). The van der Waals surface area contributed by atoms with Gasteiger partial charge in [0.25, 0.3) is 11.4 Å². The van der Waals surface area contributed by atoms with Gasteiger partial charge < -0.3 is 14.2 Å². The molecule has 154 valence electrons. The summed E-state index contributed by atoms with van der Waals surface area (Å²) in [5, 5.41) is 4.36. The third-order valence-electron chi connectivity index (χ3n) is 4.73. The highest BCUT2D eigenvalue weighted by molar-refractivity contribution is 7.20. The summed E-state index contributed by atoms with van der Waals surface area (Å²) in [6.45, 7) is 7.49. The second-order valence-corrected chi connectivity index (χ2v) is 8.25. The van der Waals surface area contributed by atoms with Crippen LogP contribution >= 0.6 is 11.3 Å². The SMILES string of the molecule is Cc1nc2sc(C(=O)OCc3nc(-c4ccc(C(C)C)cc4)no3)c(C)c2c(=O)[nH]1. The number of H-pyrrole nitrogens is 1. The Bertz CT molecular complexity index is 1280. The molecule has 8 nitrogen and oxygen atoms in total. The fraction of sp³-hybridized carbons (Fsp3) is 0.286. The molecule has 30 heavy (non-hydrogen) atoms. The van der Waals surface area contributed by atoms with Gasteiger partial charge in [-0.05, 0) is 30.9 Å². The molecule has 0 spiro atoms. The number of nitrogens with zero attached hydrogens (tertiary/aromatic N) is 3. The van der Waals surface area contributed by atoms with Crippen molar-refractivity contribution in [1.82, 2.24) is 20.1 Å². The third kappa shape index (κ3) is 3.76. The molecule has 4 rings (SSSR count). The number of fused-ring (bicyclic) bond motifs is 1. The average Bonchev–Trinajstić information content (AvgIpc) is 3.31. The number of aromatic nitrogens is 4. The summed E-state index contributed by atoms with van der Waals surface area (Å²) in [7, 11) is 0. The molecule has 0 aliphatic rings. The maximum Gasteiger partial charge on any atom is 0.349 e. The number of nitrogens with one attached hydrogen (secondary N) is 1. The van der Waals surface area contributed by atoms with Gasteiger partial charge in [0.15, 0.2) is 6.61 Å². The van der Waals surface area contributed by atoms with Gasteiger partial charge in [-0.15, -0.1) is 11.3 Å². The van der Waals surface area contributed by atoms with Crippen LogP contribution in [0.3, 0.4) is 0 Å². The molecule has 0 atom stereocenters. The molecular formula is C21H20N4O4S. The van der Waals surface area contributed by atoms with E-state index in [0.717, 1.165) is 16.9 Å². The number of carbonyl (C=O) groups is 1. The molecule has 0 aliphatic heterocycles. The van der Waals surface area contributed by atoms with Crippen LogP contribution in [-0.2, 0) is 11.3 Å². The lowest BCUT2D eigenvalue weighted by Gasteiger charge is -2.04. The van der Waals surface area contributed by atoms with E-state index in [1.54, 1.807) is 13.8 Å². The number of hydrogen-bond donors (Lipinski definition) is 1. The topological polar surface area (TPSA) is 111 Å². The van der Waals surface area contributed by atoms with Crippen LogP contribution in [0.1, 0.15) is 52.3 Å². The summed E-state index contributed by atoms with van der Waals surface area (Å²) in [5.41, 5.74) is 2.32. The van der Waals surface area contributed by atoms with Crippen LogP contribution in [0.5, 0.6) is 0 Å². The Kier molecular flexibility index (Phi) is 5.21. The molecule has 0 fully saturated rings. The predicted octanol–water partition coefficient (Wildman–Crippen LogP) is 4.13. The van der Waals surface area contributed by atoms with Crippen molar-refractivity contribution in [3.63, 3.8) is 0 Å². The largest absolute Gasteiger partial charge is 0.451 e. The van der Waals surface area contributed by atoms with Gasteiger partial charge in [-0.25, -0.2) is 9.78 Å². The minimum Gasteiger partial charge on any atom is -0.451 e. The fourth-order valence-corrected chi connectivity index (χ4v) is 4.21. The van der Waals surface area contributed by atoms with E-state index in [4.69, 9.17) is 9.26 Å². The lowest BCUT2D eigenvalue weighted by atomic mass is 10.0. The summed E-state index contributed by atoms with van der Waals surface area (Å²) in [6.07, 6.45) is 0. The maximum atomic E-state index is 12.5. The second kappa shape index (κ2) is 7.83. The van der Waals surface area contributed by atoms with E-state index in [9.17, 15) is 9.59 Å². The van der Waals surface area contributed by atoms with E-state index in [2.05, 4.69) is 34.0 Å². The van der Waals surface area contributed by atoms with E-state index in [1.165, 1.54) is 5.56 Å². The summed E-state index contributed by atoms with van der Waals surface area (Å²) in [6, 6.07) is 7.92. The van der Waals surface area contributed by atoms with Gasteiger partial charge in [0.05, 0.1) is 5.39 Å². The molecule has 1 aromatic carbocycles. The highest BCUT2D eigenvalue weighted by atomic mass is 32.1. The summed E-state index contributed by atoms with van der Waals surface area (Å²) in [4.78, 5) is 36.8. The Morgan fingerprint density at radius 2 is 1.93 bits per heavy atom. The molecule has 4 aromatic rings. The number of benzene rings is 1. The van der Waals surface area contributed by atoms with Gasteiger partial charge in [-0.1, -0.05) is 43.3 Å². The number of hydrogen-bond acceptors (Lipinski definition) is 8. The number of aromatic amines is 1. The van der Waals surface area contributed by atoms with E-state index >= 15 is 0 Å². The zero-order valence-electron chi connectivity index (χ0n) is 17.0. The van der Waals surface area contributed by atoms with Crippen LogP contribution in [0, 0.1) is 13.8 Å². The first-order valence-corrected chi connectivity index (χ1v) is 10.2. The molecule has 0 saturated heterocycles. The van der Waals surface area contributed by atoms with E-state index in [1.807, 2.05) is 24.3 Å². The molecule has 3 heterocycles. The van der Waals surface area contributed by atoms with Gasteiger partial charge in [0.1, 0.15) is 15.5 Å². The minimum atomic E-state index is -0.561. The highest BCUT2D eigenvalue weighted by Gasteiger charge is 2.21. The number of aryl methyl sites for hydroxylation is 2. The monoisotopic (exact) mass is 424 g/mol. The quantitative estimate of drug-likeness (QED) is 0.479. The zero-order chi connectivity index (χ0) is 21.4. The molecule has 0 aliphatic carbocycles. The molecular weight excluding hydrogens is 404 g/mol. The Labute approximate surface area is 175 Å². The van der Waals surface area contributed by atoms with Gasteiger partial charge in [-0.3, -0.25) is 4.79 Å². The van der Waals surface area contributed by atoms with Crippen LogP contribution in [0.2, 0.25) is 0 Å².